The van der Waals surface area contributed by atoms with Gasteiger partial charge in [0.05, 0.1) is 0 Å². The Bertz CT molecular complexity index is 1150. The van der Waals surface area contributed by atoms with Crippen molar-refractivity contribution in [2.24, 2.45) is 142 Å². The lowest BCUT2D eigenvalue weighted by Gasteiger charge is -2.49. The zero-order chi connectivity index (χ0) is 25.9. The fourth-order valence-electron chi connectivity index (χ4n) is 20.1. The molecule has 0 aromatic rings. The molecule has 14 rings (SSSR count). The summed E-state index contributed by atoms with van der Waals surface area (Å²) in [6.07, 6.45) is 31.5. The zero-order valence-electron chi connectivity index (χ0n) is 25.4. The van der Waals surface area contributed by atoms with Crippen molar-refractivity contribution in [3.8, 4) is 0 Å². The minimum absolute atomic E-state index is 1.03. The highest BCUT2D eigenvalue weighted by atomic mass is 14.8. The molecule has 12 bridgehead atoms. The first-order valence-electron chi connectivity index (χ1n) is 19.7. The van der Waals surface area contributed by atoms with Gasteiger partial charge in [0.25, 0.3) is 0 Å². The van der Waals surface area contributed by atoms with E-state index < -0.39 is 0 Å². The Kier molecular flexibility index (Phi) is 4.17. The van der Waals surface area contributed by atoms with E-state index in [9.17, 15) is 0 Å². The van der Waals surface area contributed by atoms with Crippen LogP contribution >= 0.6 is 0 Å². The third-order valence-corrected chi connectivity index (χ3v) is 19.9. The lowest BCUT2D eigenvalue weighted by molar-refractivity contribution is -0.0132. The molecule has 0 aliphatic heterocycles. The van der Waals surface area contributed by atoms with Gasteiger partial charge in [-0.1, -0.05) is 43.6 Å². The van der Waals surface area contributed by atoms with Crippen molar-refractivity contribution >= 4 is 0 Å². The highest BCUT2D eigenvalue weighted by Gasteiger charge is 2.74. The summed E-state index contributed by atoms with van der Waals surface area (Å²) in [6.45, 7) is 0. The third kappa shape index (κ3) is 2.45. The number of rotatable bonds is 0. The van der Waals surface area contributed by atoms with Crippen LogP contribution in [-0.4, -0.2) is 0 Å². The first kappa shape index (κ1) is 22.9. The summed E-state index contributed by atoms with van der Waals surface area (Å²) in [5.41, 5.74) is 0. The second-order valence-corrected chi connectivity index (χ2v) is 19.6. The zero-order valence-corrected chi connectivity index (χ0v) is 25.4. The van der Waals surface area contributed by atoms with Gasteiger partial charge >= 0.3 is 0 Å². The Morgan fingerprint density at radius 1 is 0.244 bits per heavy atom. The first-order valence-corrected chi connectivity index (χ1v) is 19.7. The summed E-state index contributed by atoms with van der Waals surface area (Å²) in [7, 11) is 0. The highest BCUT2D eigenvalue weighted by molar-refractivity contribution is 5.27. The lowest BCUT2D eigenvalue weighted by Crippen LogP contribution is -2.45. The first-order chi connectivity index (χ1) is 20.3. The Morgan fingerprint density at radius 2 is 0.537 bits per heavy atom. The van der Waals surface area contributed by atoms with Gasteiger partial charge in [-0.2, -0.15) is 0 Å². The van der Waals surface area contributed by atoms with Crippen LogP contribution in [0, 0.1) is 142 Å². The molecule has 41 heavy (non-hydrogen) atoms. The average molecular weight is 547 g/mol. The molecule has 0 N–H and O–H groups in total. The molecule has 24 unspecified atom stereocenters. The Labute approximate surface area is 249 Å². The maximum atomic E-state index is 2.64. The summed E-state index contributed by atoms with van der Waals surface area (Å²) in [4.78, 5) is 0. The molecular weight excluding hydrogens is 492 g/mol. The minimum Gasteiger partial charge on any atom is -0.0848 e. The number of hydrogen-bond donors (Lipinski definition) is 0. The number of allylic oxidation sites excluding steroid dienone is 4. The van der Waals surface area contributed by atoms with Gasteiger partial charge in [-0.15, -0.1) is 0 Å². The molecule has 0 nitrogen and oxygen atoms in total. The molecular formula is C41H54. The molecule has 12 saturated carbocycles. The van der Waals surface area contributed by atoms with Gasteiger partial charge in [0, 0.05) is 0 Å². The second-order valence-electron chi connectivity index (χ2n) is 19.6. The SMILES string of the molecule is C1=CC2CC1C1C3CC(C21)C1C2CC(C4CCCC42)C31.C1=CC2CC1C1C3CC(C21)C1C2CC(C4CCCCC42)C31. The van der Waals surface area contributed by atoms with Crippen LogP contribution in [0.5, 0.6) is 0 Å². The molecule has 0 amide bonds. The second kappa shape index (κ2) is 7.47. The molecule has 0 saturated heterocycles. The average Bonchev–Trinajstić information content (AvgIpc) is 3.86. The molecule has 24 atom stereocenters. The monoisotopic (exact) mass is 546 g/mol. The van der Waals surface area contributed by atoms with E-state index in [0.717, 1.165) is 47.3 Å². The van der Waals surface area contributed by atoms with Gasteiger partial charge in [0.2, 0.25) is 0 Å². The molecule has 14 aliphatic carbocycles. The standard InChI is InChI=1S/C21H28.C20H26/c1-2-4-13-12(3-1)14-8-15(13)21-17-9-16(20(14)21)18-10-5-6-11(7-10)19(17)18;1-2-11-12(3-1)14-7-13(11)19-15-8-16(20(14)19)18-10-5-4-9(6-10)17(15)18/h5-6,10-21H,1-4,7-9H2;4-5,9-20H,1-3,6-8H2. The molecule has 14 aliphatic rings. The Balaban J connectivity index is 0.0000000980. The van der Waals surface area contributed by atoms with E-state index in [1.54, 1.807) is 83.5 Å². The van der Waals surface area contributed by atoms with Crippen molar-refractivity contribution in [3.05, 3.63) is 24.3 Å². The van der Waals surface area contributed by atoms with E-state index in [4.69, 9.17) is 0 Å². The van der Waals surface area contributed by atoms with Gasteiger partial charge in [0.15, 0.2) is 0 Å². The Hall–Kier alpha value is -0.520. The molecule has 0 heteroatoms. The van der Waals surface area contributed by atoms with Crippen LogP contribution in [-0.2, 0) is 0 Å². The van der Waals surface area contributed by atoms with Gasteiger partial charge in [-0.05, 0) is 206 Å². The maximum absolute atomic E-state index is 2.64. The fourth-order valence-corrected chi connectivity index (χ4v) is 20.1. The molecule has 0 radical (unpaired) electrons. The van der Waals surface area contributed by atoms with E-state index in [1.165, 1.54) is 94.7 Å². The van der Waals surface area contributed by atoms with Gasteiger partial charge in [-0.25, -0.2) is 0 Å². The lowest BCUT2D eigenvalue weighted by atomic mass is 9.55. The van der Waals surface area contributed by atoms with Crippen molar-refractivity contribution in [3.63, 3.8) is 0 Å². The summed E-state index contributed by atoms with van der Waals surface area (Å²) in [6, 6.07) is 0. The molecule has 0 spiro atoms. The Morgan fingerprint density at radius 3 is 0.878 bits per heavy atom. The van der Waals surface area contributed by atoms with Crippen molar-refractivity contribution < 1.29 is 0 Å². The van der Waals surface area contributed by atoms with E-state index >= 15 is 0 Å². The summed E-state index contributed by atoms with van der Waals surface area (Å²) < 4.78 is 0. The topological polar surface area (TPSA) is 0 Å². The third-order valence-electron chi connectivity index (χ3n) is 19.9. The number of fused-ring (bicyclic) bond motifs is 38. The van der Waals surface area contributed by atoms with Gasteiger partial charge < -0.3 is 0 Å². The van der Waals surface area contributed by atoms with Crippen LogP contribution in [0.2, 0.25) is 0 Å². The normalized spacial score (nSPS) is 72.4. The van der Waals surface area contributed by atoms with Crippen LogP contribution in [0.25, 0.3) is 0 Å². The van der Waals surface area contributed by atoms with Crippen LogP contribution in [0.15, 0.2) is 24.3 Å². The predicted octanol–water partition coefficient (Wildman–Crippen LogP) is 9.14. The smallest absolute Gasteiger partial charge is 0.0194 e. The summed E-state index contributed by atoms with van der Waals surface area (Å²) in [5.74, 6) is 28.0. The van der Waals surface area contributed by atoms with Crippen molar-refractivity contribution in [1.29, 1.82) is 0 Å². The fraction of sp³-hybridized carbons (Fsp3) is 0.902. The van der Waals surface area contributed by atoms with E-state index in [0.29, 0.717) is 0 Å². The molecule has 0 aromatic heterocycles. The molecule has 12 fully saturated rings. The van der Waals surface area contributed by atoms with E-state index in [2.05, 4.69) is 24.3 Å². The summed E-state index contributed by atoms with van der Waals surface area (Å²) in [5, 5.41) is 0. The van der Waals surface area contributed by atoms with Crippen LogP contribution in [0.1, 0.15) is 83.5 Å². The van der Waals surface area contributed by atoms with Gasteiger partial charge in [0.1, 0.15) is 0 Å². The van der Waals surface area contributed by atoms with Crippen molar-refractivity contribution in [2.75, 3.05) is 0 Å². The predicted molar refractivity (Wildman–Crippen MR) is 162 cm³/mol. The van der Waals surface area contributed by atoms with Crippen molar-refractivity contribution in [1.82, 2.24) is 0 Å². The number of hydrogen-bond acceptors (Lipinski definition) is 0. The van der Waals surface area contributed by atoms with Crippen molar-refractivity contribution in [2.45, 2.75) is 83.5 Å². The minimum atomic E-state index is 1.03. The quantitative estimate of drug-likeness (QED) is 0.210. The van der Waals surface area contributed by atoms with Crippen LogP contribution < -0.4 is 0 Å². The molecule has 0 aromatic carbocycles. The van der Waals surface area contributed by atoms with E-state index in [-0.39, 0.29) is 0 Å². The van der Waals surface area contributed by atoms with Crippen LogP contribution in [0.4, 0.5) is 0 Å². The maximum Gasteiger partial charge on any atom is -0.0194 e. The molecule has 218 valence electrons. The molecule has 0 heterocycles. The largest absolute Gasteiger partial charge is 0.0848 e. The summed E-state index contributed by atoms with van der Waals surface area (Å²) >= 11 is 0. The van der Waals surface area contributed by atoms with Crippen LogP contribution in [0.3, 0.4) is 0 Å². The van der Waals surface area contributed by atoms with Gasteiger partial charge in [-0.3, -0.25) is 0 Å². The van der Waals surface area contributed by atoms with E-state index in [1.807, 2.05) is 0 Å². The highest BCUT2D eigenvalue weighted by Crippen LogP contribution is 2.80.